The van der Waals surface area contributed by atoms with Crippen molar-refractivity contribution in [1.82, 2.24) is 4.98 Å². The van der Waals surface area contributed by atoms with E-state index in [9.17, 15) is 9.90 Å². The van der Waals surface area contributed by atoms with Crippen molar-refractivity contribution in [3.05, 3.63) is 45.5 Å². The number of hydrogen-bond donors (Lipinski definition) is 2. The number of carboxylic acids is 1. The summed E-state index contributed by atoms with van der Waals surface area (Å²) >= 11 is 9.44. The Bertz CT molecular complexity index is 692. The van der Waals surface area contributed by atoms with Crippen LogP contribution in [-0.2, 0) is 0 Å². The number of nitrogens with zero attached hydrogens (tertiary/aromatic N) is 2. The molecule has 0 aliphatic rings. The number of nitrogens with one attached hydrogen (secondary N) is 1. The highest BCUT2D eigenvalue weighted by Crippen LogP contribution is 2.34. The average molecular weight is 371 g/mol. The molecule has 0 bridgehead atoms. The van der Waals surface area contributed by atoms with E-state index in [0.29, 0.717) is 15.3 Å². The number of hydrogen-bond acceptors (Lipinski definition) is 4. The fraction of sp³-hybridized carbons (Fsp3) is 0.143. The van der Waals surface area contributed by atoms with E-state index >= 15 is 0 Å². The van der Waals surface area contributed by atoms with E-state index < -0.39 is 5.97 Å². The van der Waals surface area contributed by atoms with Gasteiger partial charge in [0.15, 0.2) is 0 Å². The molecule has 0 spiro atoms. The third-order valence-electron chi connectivity index (χ3n) is 2.78. The van der Waals surface area contributed by atoms with E-state index in [1.165, 1.54) is 6.07 Å². The van der Waals surface area contributed by atoms with Crippen molar-refractivity contribution < 1.29 is 9.90 Å². The highest BCUT2D eigenvalue weighted by Gasteiger charge is 2.15. The van der Waals surface area contributed by atoms with Crippen molar-refractivity contribution in [3.8, 4) is 0 Å². The van der Waals surface area contributed by atoms with Crippen LogP contribution in [0.5, 0.6) is 0 Å². The van der Waals surface area contributed by atoms with Crippen molar-refractivity contribution in [2.45, 2.75) is 0 Å². The second kappa shape index (κ2) is 6.32. The molecule has 1 heterocycles. The fourth-order valence-corrected chi connectivity index (χ4v) is 2.55. The Balaban J connectivity index is 2.50. The Hall–Kier alpha value is -1.79. The van der Waals surface area contributed by atoms with Crippen LogP contribution < -0.4 is 10.2 Å². The van der Waals surface area contributed by atoms with Crippen LogP contribution in [0.1, 0.15) is 10.4 Å². The van der Waals surface area contributed by atoms with E-state index in [1.807, 2.05) is 25.1 Å². The van der Waals surface area contributed by atoms with Crippen molar-refractivity contribution in [2.75, 3.05) is 24.3 Å². The predicted molar refractivity (Wildman–Crippen MR) is 88.0 cm³/mol. The van der Waals surface area contributed by atoms with Gasteiger partial charge in [-0.25, -0.2) is 9.78 Å². The third kappa shape index (κ3) is 3.46. The van der Waals surface area contributed by atoms with Gasteiger partial charge in [-0.15, -0.1) is 0 Å². The largest absolute Gasteiger partial charge is 0.478 e. The molecule has 2 N–H and O–H groups in total. The first-order valence-corrected chi connectivity index (χ1v) is 7.20. The maximum absolute atomic E-state index is 11.3. The van der Waals surface area contributed by atoms with Gasteiger partial charge in [0.05, 0.1) is 16.4 Å². The van der Waals surface area contributed by atoms with E-state index in [-0.39, 0.29) is 11.4 Å². The van der Waals surface area contributed by atoms with Crippen LogP contribution in [0.4, 0.5) is 17.2 Å². The first-order valence-electron chi connectivity index (χ1n) is 6.03. The van der Waals surface area contributed by atoms with Gasteiger partial charge in [0, 0.05) is 14.1 Å². The molecule has 0 fully saturated rings. The van der Waals surface area contributed by atoms with Crippen LogP contribution in [0.15, 0.2) is 34.9 Å². The second-order valence-corrected chi connectivity index (χ2v) is 5.71. The Morgan fingerprint density at radius 3 is 2.67 bits per heavy atom. The summed E-state index contributed by atoms with van der Waals surface area (Å²) in [6, 6.07) is 8.45. The summed E-state index contributed by atoms with van der Waals surface area (Å²) in [6.07, 6.45) is 0. The molecule has 2 rings (SSSR count). The molecule has 1 aromatic carbocycles. The lowest BCUT2D eigenvalue weighted by Gasteiger charge is -2.20. The first-order chi connectivity index (χ1) is 9.90. The third-order valence-corrected chi connectivity index (χ3v) is 3.53. The van der Waals surface area contributed by atoms with Crippen LogP contribution in [0, 0.1) is 0 Å². The number of carbonyl (C=O) groups is 1. The molecule has 1 aromatic heterocycles. The Morgan fingerprint density at radius 2 is 2.05 bits per heavy atom. The summed E-state index contributed by atoms with van der Waals surface area (Å²) in [7, 11) is 3.72. The van der Waals surface area contributed by atoms with Gasteiger partial charge in [0.2, 0.25) is 0 Å². The number of carboxylic acid groups (broad SMARTS) is 1. The molecule has 0 saturated heterocycles. The molecule has 0 amide bonds. The number of rotatable bonds is 4. The zero-order valence-electron chi connectivity index (χ0n) is 11.4. The van der Waals surface area contributed by atoms with Gasteiger partial charge in [-0.1, -0.05) is 17.7 Å². The second-order valence-electron chi connectivity index (χ2n) is 4.49. The zero-order valence-corrected chi connectivity index (χ0v) is 13.7. The quantitative estimate of drug-likeness (QED) is 0.796. The molecule has 0 unspecified atom stereocenters. The number of halogens is 2. The minimum Gasteiger partial charge on any atom is -0.478 e. The molecule has 0 aliphatic carbocycles. The van der Waals surface area contributed by atoms with E-state index in [0.717, 1.165) is 5.69 Å². The Labute approximate surface area is 135 Å². The Morgan fingerprint density at radius 1 is 1.33 bits per heavy atom. The van der Waals surface area contributed by atoms with Crippen LogP contribution in [0.2, 0.25) is 5.02 Å². The van der Waals surface area contributed by atoms with Crippen molar-refractivity contribution in [3.63, 3.8) is 0 Å². The predicted octanol–water partition coefficient (Wildman–Crippen LogP) is 4.01. The van der Waals surface area contributed by atoms with Crippen molar-refractivity contribution >= 4 is 50.7 Å². The number of aromatic nitrogens is 1. The van der Waals surface area contributed by atoms with Crippen LogP contribution >= 0.6 is 27.5 Å². The number of benzene rings is 1. The molecule has 5 nitrogen and oxygen atoms in total. The maximum atomic E-state index is 11.3. The normalized spacial score (nSPS) is 10.3. The summed E-state index contributed by atoms with van der Waals surface area (Å²) in [5.41, 5.74) is 1.53. The topological polar surface area (TPSA) is 65.5 Å². The summed E-state index contributed by atoms with van der Waals surface area (Å²) in [5.74, 6) is -0.798. The number of anilines is 3. The summed E-state index contributed by atoms with van der Waals surface area (Å²) in [4.78, 5) is 17.3. The van der Waals surface area contributed by atoms with Crippen molar-refractivity contribution in [2.24, 2.45) is 0 Å². The van der Waals surface area contributed by atoms with Gasteiger partial charge in [-0.2, -0.15) is 0 Å². The van der Waals surface area contributed by atoms with Gasteiger partial charge in [-0.05, 0) is 40.2 Å². The van der Waals surface area contributed by atoms with Gasteiger partial charge in [-0.3, -0.25) is 0 Å². The summed E-state index contributed by atoms with van der Waals surface area (Å²) in [6.45, 7) is 0. The van der Waals surface area contributed by atoms with Gasteiger partial charge < -0.3 is 15.3 Å². The van der Waals surface area contributed by atoms with Gasteiger partial charge in [0.1, 0.15) is 16.0 Å². The molecular formula is C14H13BrClN3O2. The van der Waals surface area contributed by atoms with Crippen molar-refractivity contribution in [1.29, 1.82) is 0 Å². The van der Waals surface area contributed by atoms with Crippen LogP contribution in [-0.4, -0.2) is 30.2 Å². The Kier molecular flexibility index (Phi) is 4.69. The molecule has 110 valence electrons. The average Bonchev–Trinajstić information content (AvgIpc) is 2.37. The lowest BCUT2D eigenvalue weighted by Crippen LogP contribution is -2.13. The SMILES string of the molecule is CN(C)c1c(Cl)cccc1Nc1nc(Br)ccc1C(=O)O. The number of aromatic carboxylic acids is 1. The first kappa shape index (κ1) is 15.6. The standard InChI is InChI=1S/C14H13BrClN3O2/c1-19(2)12-9(16)4-3-5-10(12)17-13-8(14(20)21)6-7-11(15)18-13/h3-7H,1-2H3,(H,17,18)(H,20,21). The molecule has 0 atom stereocenters. The fourth-order valence-electron chi connectivity index (χ4n) is 1.90. The molecule has 0 saturated carbocycles. The maximum Gasteiger partial charge on any atom is 0.339 e. The van der Waals surface area contributed by atoms with Gasteiger partial charge >= 0.3 is 5.97 Å². The highest BCUT2D eigenvalue weighted by molar-refractivity contribution is 9.10. The van der Waals surface area contributed by atoms with Crippen LogP contribution in [0.3, 0.4) is 0 Å². The zero-order chi connectivity index (χ0) is 15.6. The van der Waals surface area contributed by atoms with E-state index in [1.54, 1.807) is 18.2 Å². The molecule has 0 radical (unpaired) electrons. The monoisotopic (exact) mass is 369 g/mol. The van der Waals surface area contributed by atoms with Gasteiger partial charge in [0.25, 0.3) is 0 Å². The van der Waals surface area contributed by atoms with E-state index in [2.05, 4.69) is 26.2 Å². The highest BCUT2D eigenvalue weighted by atomic mass is 79.9. The summed E-state index contributed by atoms with van der Waals surface area (Å²) < 4.78 is 0.545. The van der Waals surface area contributed by atoms with Crippen LogP contribution in [0.25, 0.3) is 0 Å². The lowest BCUT2D eigenvalue weighted by molar-refractivity contribution is 0.0697. The number of para-hydroxylation sites is 1. The molecule has 21 heavy (non-hydrogen) atoms. The molecule has 2 aromatic rings. The smallest absolute Gasteiger partial charge is 0.339 e. The molecule has 0 aliphatic heterocycles. The molecule has 7 heteroatoms. The van der Waals surface area contributed by atoms with E-state index in [4.69, 9.17) is 11.6 Å². The lowest BCUT2D eigenvalue weighted by atomic mass is 10.2. The number of pyridine rings is 1. The minimum absolute atomic E-state index is 0.0860. The molecular weight excluding hydrogens is 358 g/mol. The minimum atomic E-state index is -1.05. The summed E-state index contributed by atoms with van der Waals surface area (Å²) in [5, 5.41) is 12.8.